The van der Waals surface area contributed by atoms with E-state index in [0.29, 0.717) is 16.5 Å². The number of nitrogens with one attached hydrogen (secondary N) is 1. The lowest BCUT2D eigenvalue weighted by molar-refractivity contribution is -0.170. The SMILES string of the molecule is O=C(CC1CSc2ccccc2NC1=O)ON1C(=O)c2ccccc2C1=O. The predicted octanol–water partition coefficient (Wildman–Crippen LogP) is 2.49. The molecule has 2 aromatic rings. The summed E-state index contributed by atoms with van der Waals surface area (Å²) in [6, 6.07) is 13.6. The van der Waals surface area contributed by atoms with E-state index in [1.54, 1.807) is 18.2 Å². The van der Waals surface area contributed by atoms with Crippen LogP contribution in [-0.2, 0) is 14.4 Å². The second-order valence-electron chi connectivity index (χ2n) is 6.11. The molecule has 0 spiro atoms. The molecule has 0 aliphatic carbocycles. The first-order valence-corrected chi connectivity index (χ1v) is 9.24. The lowest BCUT2D eigenvalue weighted by atomic mass is 10.1. The number of imide groups is 1. The van der Waals surface area contributed by atoms with E-state index in [4.69, 9.17) is 4.84 Å². The highest BCUT2D eigenvalue weighted by Gasteiger charge is 2.39. The monoisotopic (exact) mass is 382 g/mol. The lowest BCUT2D eigenvalue weighted by Crippen LogP contribution is -2.34. The fourth-order valence-electron chi connectivity index (χ4n) is 2.94. The van der Waals surface area contributed by atoms with E-state index in [1.807, 2.05) is 18.2 Å². The predicted molar refractivity (Wildman–Crippen MR) is 96.9 cm³/mol. The Labute approximate surface area is 158 Å². The molecule has 7 nitrogen and oxygen atoms in total. The molecule has 3 amide bonds. The van der Waals surface area contributed by atoms with E-state index < -0.39 is 23.7 Å². The Hall–Kier alpha value is -3.13. The molecule has 2 aromatic carbocycles. The summed E-state index contributed by atoms with van der Waals surface area (Å²) in [6.07, 6.45) is -0.236. The third-order valence-corrected chi connectivity index (χ3v) is 5.55. The number of carbonyl (C=O) groups excluding carboxylic acids is 4. The average molecular weight is 382 g/mol. The van der Waals surface area contributed by atoms with E-state index in [2.05, 4.69) is 5.32 Å². The van der Waals surface area contributed by atoms with Crippen LogP contribution >= 0.6 is 11.8 Å². The van der Waals surface area contributed by atoms with Crippen LogP contribution in [0.5, 0.6) is 0 Å². The molecule has 136 valence electrons. The molecule has 0 saturated carbocycles. The van der Waals surface area contributed by atoms with Crippen LogP contribution in [0, 0.1) is 5.92 Å². The minimum Gasteiger partial charge on any atom is -0.330 e. The van der Waals surface area contributed by atoms with Crippen molar-refractivity contribution < 1.29 is 24.0 Å². The van der Waals surface area contributed by atoms with Gasteiger partial charge in [0.05, 0.1) is 29.2 Å². The molecule has 4 rings (SSSR count). The smallest absolute Gasteiger partial charge is 0.330 e. The van der Waals surface area contributed by atoms with Crippen molar-refractivity contribution in [2.75, 3.05) is 11.1 Å². The van der Waals surface area contributed by atoms with Crippen LogP contribution in [0.3, 0.4) is 0 Å². The van der Waals surface area contributed by atoms with Gasteiger partial charge in [-0.2, -0.15) is 0 Å². The van der Waals surface area contributed by atoms with Gasteiger partial charge in [0, 0.05) is 10.6 Å². The van der Waals surface area contributed by atoms with E-state index in [1.165, 1.54) is 23.9 Å². The summed E-state index contributed by atoms with van der Waals surface area (Å²) in [4.78, 5) is 55.1. The van der Waals surface area contributed by atoms with E-state index in [9.17, 15) is 19.2 Å². The van der Waals surface area contributed by atoms with Crippen LogP contribution in [0.1, 0.15) is 27.1 Å². The highest BCUT2D eigenvalue weighted by Crippen LogP contribution is 2.33. The van der Waals surface area contributed by atoms with Crippen LogP contribution in [0.4, 0.5) is 5.69 Å². The van der Waals surface area contributed by atoms with Crippen molar-refractivity contribution in [1.82, 2.24) is 5.06 Å². The van der Waals surface area contributed by atoms with Gasteiger partial charge in [0.25, 0.3) is 11.8 Å². The number of fused-ring (bicyclic) bond motifs is 2. The van der Waals surface area contributed by atoms with E-state index in [-0.39, 0.29) is 23.5 Å². The van der Waals surface area contributed by atoms with Gasteiger partial charge in [-0.25, -0.2) is 4.79 Å². The number of hydroxylamine groups is 2. The molecule has 0 fully saturated rings. The van der Waals surface area contributed by atoms with Crippen LogP contribution < -0.4 is 5.32 Å². The number of carbonyl (C=O) groups is 4. The molecule has 27 heavy (non-hydrogen) atoms. The molecule has 8 heteroatoms. The molecular weight excluding hydrogens is 368 g/mol. The summed E-state index contributed by atoms with van der Waals surface area (Å²) >= 11 is 1.46. The zero-order chi connectivity index (χ0) is 19.0. The van der Waals surface area contributed by atoms with E-state index >= 15 is 0 Å². The second-order valence-corrected chi connectivity index (χ2v) is 7.17. The first-order chi connectivity index (χ1) is 13.0. The fourth-order valence-corrected chi connectivity index (χ4v) is 4.04. The fraction of sp³-hybridized carbons (Fsp3) is 0.158. The first kappa shape index (κ1) is 17.3. The second kappa shape index (κ2) is 6.88. The van der Waals surface area contributed by atoms with Crippen LogP contribution in [0.2, 0.25) is 0 Å². The van der Waals surface area contributed by atoms with Crippen molar-refractivity contribution in [3.8, 4) is 0 Å². The summed E-state index contributed by atoms with van der Waals surface area (Å²) < 4.78 is 0. The average Bonchev–Trinajstić information content (AvgIpc) is 2.81. The van der Waals surface area contributed by atoms with Crippen molar-refractivity contribution in [3.05, 3.63) is 59.7 Å². The zero-order valence-electron chi connectivity index (χ0n) is 14.0. The zero-order valence-corrected chi connectivity index (χ0v) is 14.8. The number of hydrogen-bond acceptors (Lipinski definition) is 6. The number of nitrogens with zero attached hydrogens (tertiary/aromatic N) is 1. The number of benzene rings is 2. The minimum atomic E-state index is -0.809. The Bertz CT molecular complexity index is 939. The van der Waals surface area contributed by atoms with Crippen molar-refractivity contribution in [2.45, 2.75) is 11.3 Å². The van der Waals surface area contributed by atoms with Gasteiger partial charge in [-0.3, -0.25) is 14.4 Å². The minimum absolute atomic E-state index is 0.188. The maximum Gasteiger partial charge on any atom is 0.334 e. The molecule has 1 unspecified atom stereocenters. The molecular formula is C19H14N2O5S. The number of para-hydroxylation sites is 1. The third-order valence-electron chi connectivity index (χ3n) is 4.32. The van der Waals surface area contributed by atoms with Gasteiger partial charge in [-0.1, -0.05) is 29.3 Å². The molecule has 0 aromatic heterocycles. The molecule has 0 bridgehead atoms. The summed E-state index contributed by atoms with van der Waals surface area (Å²) in [5, 5.41) is 3.25. The van der Waals surface area contributed by atoms with E-state index in [0.717, 1.165) is 4.90 Å². The topological polar surface area (TPSA) is 92.8 Å². The molecule has 0 saturated heterocycles. The van der Waals surface area contributed by atoms with Crippen molar-refractivity contribution in [2.24, 2.45) is 5.92 Å². The standard InChI is InChI=1S/C19H14N2O5S/c22-16(26-21-18(24)12-5-1-2-6-13(12)19(21)25)9-11-10-27-15-8-4-3-7-14(15)20-17(11)23/h1-8,11H,9-10H2,(H,20,23). The Morgan fingerprint density at radius 1 is 1.04 bits per heavy atom. The van der Waals surface area contributed by atoms with Crippen molar-refractivity contribution >= 4 is 41.1 Å². The van der Waals surface area contributed by atoms with Crippen molar-refractivity contribution in [3.63, 3.8) is 0 Å². The quantitative estimate of drug-likeness (QED) is 0.820. The summed E-state index contributed by atoms with van der Waals surface area (Å²) in [6.45, 7) is 0. The van der Waals surface area contributed by atoms with Gasteiger partial charge < -0.3 is 10.2 Å². The number of hydrogen-bond donors (Lipinski definition) is 1. The number of anilines is 1. The number of thioether (sulfide) groups is 1. The normalized spacial score (nSPS) is 18.4. The number of amides is 3. The largest absolute Gasteiger partial charge is 0.334 e. The summed E-state index contributed by atoms with van der Waals surface area (Å²) in [5.41, 5.74) is 1.07. The molecule has 0 radical (unpaired) electrons. The van der Waals surface area contributed by atoms with Crippen LogP contribution in [0.15, 0.2) is 53.4 Å². The third kappa shape index (κ3) is 3.19. The summed E-state index contributed by atoms with van der Waals surface area (Å²) in [5.74, 6) is -2.72. The molecule has 2 aliphatic heterocycles. The highest BCUT2D eigenvalue weighted by atomic mass is 32.2. The Morgan fingerprint density at radius 2 is 1.67 bits per heavy atom. The highest BCUT2D eigenvalue weighted by molar-refractivity contribution is 7.99. The van der Waals surface area contributed by atoms with Gasteiger partial charge in [0.1, 0.15) is 0 Å². The van der Waals surface area contributed by atoms with Gasteiger partial charge in [-0.15, -0.1) is 11.8 Å². The molecule has 2 aliphatic rings. The Balaban J connectivity index is 1.43. The van der Waals surface area contributed by atoms with Gasteiger partial charge in [0.2, 0.25) is 5.91 Å². The molecule has 2 heterocycles. The first-order valence-electron chi connectivity index (χ1n) is 8.26. The van der Waals surface area contributed by atoms with Crippen LogP contribution in [0.25, 0.3) is 0 Å². The molecule has 1 atom stereocenters. The van der Waals surface area contributed by atoms with Gasteiger partial charge in [0.15, 0.2) is 0 Å². The lowest BCUT2D eigenvalue weighted by Gasteiger charge is -2.15. The summed E-state index contributed by atoms with van der Waals surface area (Å²) in [7, 11) is 0. The maximum atomic E-state index is 12.4. The Kier molecular flexibility index (Phi) is 4.41. The maximum absolute atomic E-state index is 12.4. The van der Waals surface area contributed by atoms with Crippen molar-refractivity contribution in [1.29, 1.82) is 0 Å². The van der Waals surface area contributed by atoms with Gasteiger partial charge in [-0.05, 0) is 24.3 Å². The van der Waals surface area contributed by atoms with Crippen LogP contribution in [-0.4, -0.2) is 34.5 Å². The Morgan fingerprint density at radius 3 is 2.37 bits per heavy atom. The van der Waals surface area contributed by atoms with Gasteiger partial charge >= 0.3 is 5.97 Å². The number of rotatable bonds is 3. The molecule has 1 N–H and O–H groups in total.